The van der Waals surface area contributed by atoms with Crippen molar-refractivity contribution in [3.05, 3.63) is 66.2 Å². The SMILES string of the molecule is C(=N\Nc1nsc(Nc2ccccc2)n1)/c1ccccc1. The van der Waals surface area contributed by atoms with Crippen molar-refractivity contribution in [1.29, 1.82) is 0 Å². The van der Waals surface area contributed by atoms with Crippen LogP contribution in [-0.2, 0) is 0 Å². The largest absolute Gasteiger partial charge is 0.330 e. The highest BCUT2D eigenvalue weighted by molar-refractivity contribution is 7.10. The summed E-state index contributed by atoms with van der Waals surface area (Å²) in [4.78, 5) is 4.31. The van der Waals surface area contributed by atoms with Gasteiger partial charge in [-0.15, -0.1) is 4.37 Å². The molecule has 1 aromatic heterocycles. The summed E-state index contributed by atoms with van der Waals surface area (Å²) in [5, 5.41) is 8.02. The van der Waals surface area contributed by atoms with E-state index in [0.29, 0.717) is 5.95 Å². The lowest BCUT2D eigenvalue weighted by atomic mass is 10.2. The van der Waals surface area contributed by atoms with Gasteiger partial charge in [0.1, 0.15) is 0 Å². The van der Waals surface area contributed by atoms with Crippen molar-refractivity contribution in [2.45, 2.75) is 0 Å². The van der Waals surface area contributed by atoms with Crippen LogP contribution in [0.4, 0.5) is 16.8 Å². The van der Waals surface area contributed by atoms with Gasteiger partial charge in [-0.3, -0.25) is 0 Å². The minimum absolute atomic E-state index is 0.477. The molecular weight excluding hydrogens is 282 g/mol. The first-order chi connectivity index (χ1) is 10.4. The Morgan fingerprint density at radius 1 is 0.952 bits per heavy atom. The monoisotopic (exact) mass is 295 g/mol. The molecule has 6 heteroatoms. The third kappa shape index (κ3) is 3.87. The maximum atomic E-state index is 4.31. The number of hydrogen-bond acceptors (Lipinski definition) is 6. The van der Waals surface area contributed by atoms with Crippen molar-refractivity contribution < 1.29 is 0 Å². The third-order valence-corrected chi connectivity index (χ3v) is 3.26. The number of hydrogen-bond donors (Lipinski definition) is 2. The summed E-state index contributed by atoms with van der Waals surface area (Å²) in [6, 6.07) is 19.7. The predicted octanol–water partition coefficient (Wildman–Crippen LogP) is 3.73. The Bertz CT molecular complexity index is 709. The van der Waals surface area contributed by atoms with Crippen molar-refractivity contribution in [3.8, 4) is 0 Å². The van der Waals surface area contributed by atoms with E-state index < -0.39 is 0 Å². The minimum Gasteiger partial charge on any atom is -0.330 e. The van der Waals surface area contributed by atoms with Gasteiger partial charge in [0.2, 0.25) is 5.13 Å². The van der Waals surface area contributed by atoms with Crippen molar-refractivity contribution in [3.63, 3.8) is 0 Å². The first kappa shape index (κ1) is 13.3. The van der Waals surface area contributed by atoms with Crippen LogP contribution < -0.4 is 10.7 Å². The minimum atomic E-state index is 0.477. The first-order valence-electron chi connectivity index (χ1n) is 6.40. The third-order valence-electron chi connectivity index (χ3n) is 2.63. The number of nitrogens with one attached hydrogen (secondary N) is 2. The van der Waals surface area contributed by atoms with E-state index in [4.69, 9.17) is 0 Å². The van der Waals surface area contributed by atoms with Crippen LogP contribution in [0, 0.1) is 0 Å². The van der Waals surface area contributed by atoms with Crippen LogP contribution in [0.15, 0.2) is 65.8 Å². The first-order valence-corrected chi connectivity index (χ1v) is 7.17. The van der Waals surface area contributed by atoms with Crippen molar-refractivity contribution in [1.82, 2.24) is 9.36 Å². The second kappa shape index (κ2) is 6.62. The lowest BCUT2D eigenvalue weighted by molar-refractivity contribution is 1.21. The molecule has 3 rings (SSSR count). The molecule has 0 spiro atoms. The van der Waals surface area contributed by atoms with Crippen LogP contribution in [0.25, 0.3) is 0 Å². The number of benzene rings is 2. The van der Waals surface area contributed by atoms with Crippen LogP contribution in [0.2, 0.25) is 0 Å². The van der Waals surface area contributed by atoms with Gasteiger partial charge < -0.3 is 5.32 Å². The molecule has 0 fully saturated rings. The fourth-order valence-corrected chi connectivity index (χ4v) is 2.21. The highest BCUT2D eigenvalue weighted by atomic mass is 32.1. The van der Waals surface area contributed by atoms with Gasteiger partial charge >= 0.3 is 0 Å². The molecular formula is C15H13N5S. The molecule has 0 radical (unpaired) electrons. The van der Waals surface area contributed by atoms with Gasteiger partial charge in [0.25, 0.3) is 5.95 Å². The van der Waals surface area contributed by atoms with Crippen molar-refractivity contribution >= 4 is 34.5 Å². The molecule has 21 heavy (non-hydrogen) atoms. The fourth-order valence-electron chi connectivity index (χ4n) is 1.67. The summed E-state index contributed by atoms with van der Waals surface area (Å²) in [5.74, 6) is 0.477. The molecule has 5 nitrogen and oxygen atoms in total. The van der Waals surface area contributed by atoms with Crippen LogP contribution >= 0.6 is 11.5 Å². The van der Waals surface area contributed by atoms with Gasteiger partial charge in [-0.25, -0.2) is 5.43 Å². The lowest BCUT2D eigenvalue weighted by Gasteiger charge is -1.99. The molecule has 2 N–H and O–H groups in total. The van der Waals surface area contributed by atoms with Gasteiger partial charge in [-0.05, 0) is 17.7 Å². The summed E-state index contributed by atoms with van der Waals surface area (Å²) in [6.45, 7) is 0. The summed E-state index contributed by atoms with van der Waals surface area (Å²) in [6.07, 6.45) is 1.73. The van der Waals surface area contributed by atoms with Crippen LogP contribution in [0.5, 0.6) is 0 Å². The Balaban J connectivity index is 1.59. The molecule has 0 unspecified atom stereocenters. The zero-order valence-corrected chi connectivity index (χ0v) is 11.9. The van der Waals surface area contributed by atoms with E-state index in [-0.39, 0.29) is 0 Å². The maximum Gasteiger partial charge on any atom is 0.257 e. The van der Waals surface area contributed by atoms with Crippen LogP contribution in [-0.4, -0.2) is 15.6 Å². The fraction of sp³-hybridized carbons (Fsp3) is 0. The van der Waals surface area contributed by atoms with Crippen molar-refractivity contribution in [2.75, 3.05) is 10.7 Å². The van der Waals surface area contributed by atoms with E-state index in [1.165, 1.54) is 11.5 Å². The molecule has 0 aliphatic rings. The van der Waals surface area contributed by atoms with Gasteiger partial charge in [-0.1, -0.05) is 48.5 Å². The van der Waals surface area contributed by atoms with E-state index in [2.05, 4.69) is 25.2 Å². The van der Waals surface area contributed by atoms with Crippen LogP contribution in [0.3, 0.4) is 0 Å². The van der Waals surface area contributed by atoms with Crippen molar-refractivity contribution in [2.24, 2.45) is 5.10 Å². The molecule has 2 aromatic carbocycles. The van der Waals surface area contributed by atoms with E-state index >= 15 is 0 Å². The zero-order valence-electron chi connectivity index (χ0n) is 11.1. The van der Waals surface area contributed by atoms with E-state index in [9.17, 15) is 0 Å². The Hall–Kier alpha value is -2.73. The number of anilines is 3. The molecule has 0 aliphatic heterocycles. The van der Waals surface area contributed by atoms with Gasteiger partial charge in [0.05, 0.1) is 6.21 Å². The molecule has 0 saturated carbocycles. The Kier molecular flexibility index (Phi) is 4.18. The molecule has 0 atom stereocenters. The number of para-hydroxylation sites is 1. The molecule has 0 saturated heterocycles. The Labute approximate surface area is 126 Å². The molecule has 0 amide bonds. The van der Waals surface area contributed by atoms with Gasteiger partial charge in [0, 0.05) is 17.2 Å². The molecule has 1 heterocycles. The standard InChI is InChI=1S/C15H13N5S/c1-3-7-12(8-4-1)11-16-19-14-18-15(21-20-14)17-13-9-5-2-6-10-13/h1-11H,(H2,17,18,19,20)/b16-11+. The topological polar surface area (TPSA) is 62.2 Å². The molecule has 0 bridgehead atoms. The highest BCUT2D eigenvalue weighted by Crippen LogP contribution is 2.19. The normalized spacial score (nSPS) is 10.7. The Morgan fingerprint density at radius 2 is 1.67 bits per heavy atom. The summed E-state index contributed by atoms with van der Waals surface area (Å²) in [5.41, 5.74) is 4.81. The average molecular weight is 295 g/mol. The Morgan fingerprint density at radius 3 is 2.43 bits per heavy atom. The average Bonchev–Trinajstić information content (AvgIpc) is 2.97. The predicted molar refractivity (Wildman–Crippen MR) is 87.3 cm³/mol. The summed E-state index contributed by atoms with van der Waals surface area (Å²) >= 11 is 1.28. The van der Waals surface area contributed by atoms with E-state index in [1.54, 1.807) is 6.21 Å². The van der Waals surface area contributed by atoms with Gasteiger partial charge in [-0.2, -0.15) is 10.1 Å². The van der Waals surface area contributed by atoms with E-state index in [0.717, 1.165) is 16.4 Å². The molecule has 104 valence electrons. The molecule has 0 aliphatic carbocycles. The number of rotatable bonds is 5. The smallest absolute Gasteiger partial charge is 0.257 e. The summed E-state index contributed by atoms with van der Waals surface area (Å²) in [7, 11) is 0. The van der Waals surface area contributed by atoms with E-state index in [1.807, 2.05) is 60.7 Å². The quantitative estimate of drug-likeness (QED) is 0.556. The number of aromatic nitrogens is 2. The number of hydrazone groups is 1. The summed E-state index contributed by atoms with van der Waals surface area (Å²) < 4.78 is 4.19. The lowest BCUT2D eigenvalue weighted by Crippen LogP contribution is -1.93. The molecule has 3 aromatic rings. The maximum absolute atomic E-state index is 4.31. The highest BCUT2D eigenvalue weighted by Gasteiger charge is 2.02. The van der Waals surface area contributed by atoms with Crippen LogP contribution in [0.1, 0.15) is 5.56 Å². The zero-order chi connectivity index (χ0) is 14.3. The van der Waals surface area contributed by atoms with Gasteiger partial charge in [0.15, 0.2) is 0 Å². The second-order valence-electron chi connectivity index (χ2n) is 4.19. The second-order valence-corrected chi connectivity index (χ2v) is 4.95. The number of nitrogens with zero attached hydrogens (tertiary/aromatic N) is 3.